The summed E-state index contributed by atoms with van der Waals surface area (Å²) in [6, 6.07) is 26.4. The van der Waals surface area contributed by atoms with E-state index < -0.39 is 21.3 Å². The SMILES string of the molecule is CCCC1C=C(C(C)(C)C)C=[C]1/[Zr+2](=[C](/C)c1ccccc1)[CH]1c2ccc(C(C)(C)C)cc2-c2cc(C(C)(C)C)ccc21.[Cl-].[Cl-]. The summed E-state index contributed by atoms with van der Waals surface area (Å²) in [5.41, 5.74) is 12.4. The number of hydrogen-bond donors (Lipinski definition) is 0. The zero-order valence-electron chi connectivity index (χ0n) is 28.8. The van der Waals surface area contributed by atoms with E-state index in [0.717, 1.165) is 0 Å². The van der Waals surface area contributed by atoms with Crippen LogP contribution in [-0.2, 0) is 32.1 Å². The Morgan fingerprint density at radius 1 is 0.682 bits per heavy atom. The van der Waals surface area contributed by atoms with Crippen molar-refractivity contribution in [3.63, 3.8) is 0 Å². The fourth-order valence-electron chi connectivity index (χ4n) is 6.86. The number of hydrogen-bond acceptors (Lipinski definition) is 0. The zero-order valence-corrected chi connectivity index (χ0v) is 32.8. The topological polar surface area (TPSA) is 0 Å². The van der Waals surface area contributed by atoms with Crippen molar-refractivity contribution < 1.29 is 46.1 Å². The Morgan fingerprint density at radius 2 is 1.18 bits per heavy atom. The molecule has 3 aromatic rings. The molecule has 0 nitrogen and oxygen atoms in total. The molecule has 1 unspecified atom stereocenters. The number of halogens is 2. The summed E-state index contributed by atoms with van der Waals surface area (Å²) in [6.45, 7) is 26.1. The van der Waals surface area contributed by atoms with Crippen LogP contribution in [0.1, 0.15) is 120 Å². The van der Waals surface area contributed by atoms with Crippen LogP contribution in [0.3, 0.4) is 0 Å². The van der Waals surface area contributed by atoms with E-state index in [1.807, 2.05) is 0 Å². The summed E-state index contributed by atoms with van der Waals surface area (Å²) in [5, 5.41) is 0. The van der Waals surface area contributed by atoms with E-state index in [9.17, 15) is 0 Å². The fourth-order valence-corrected chi connectivity index (χ4v) is 16.1. The molecule has 5 rings (SSSR count). The van der Waals surface area contributed by atoms with Crippen LogP contribution in [0, 0.1) is 11.3 Å². The van der Waals surface area contributed by atoms with Crippen molar-refractivity contribution in [3.05, 3.63) is 116 Å². The number of fused-ring (bicyclic) bond motifs is 3. The second-order valence-electron chi connectivity index (χ2n) is 15.8. The molecule has 0 aliphatic heterocycles. The van der Waals surface area contributed by atoms with Crippen molar-refractivity contribution in [2.45, 2.75) is 103 Å². The molecule has 234 valence electrons. The monoisotopic (exact) mass is 704 g/mol. The van der Waals surface area contributed by atoms with Crippen LogP contribution >= 0.6 is 0 Å². The summed E-state index contributed by atoms with van der Waals surface area (Å²) in [5.74, 6) is 0.562. The Balaban J connectivity index is 0.00000264. The molecule has 1 atom stereocenters. The number of rotatable bonds is 5. The Kier molecular flexibility index (Phi) is 11.5. The average Bonchev–Trinajstić information content (AvgIpc) is 3.48. The van der Waals surface area contributed by atoms with Crippen LogP contribution in [0.15, 0.2) is 87.7 Å². The van der Waals surface area contributed by atoms with Gasteiger partial charge in [-0.05, 0) is 0 Å². The van der Waals surface area contributed by atoms with E-state index in [1.54, 1.807) is 23.2 Å². The average molecular weight is 707 g/mol. The fraction of sp³-hybridized carbons (Fsp3) is 0.439. The molecular weight excluding hydrogens is 655 g/mol. The van der Waals surface area contributed by atoms with Crippen LogP contribution in [-0.4, -0.2) is 3.21 Å². The molecule has 0 amide bonds. The first-order valence-electron chi connectivity index (χ1n) is 16.1. The first-order chi connectivity index (χ1) is 19.6. The molecule has 44 heavy (non-hydrogen) atoms. The molecular formula is C41H52Cl2Zr. The maximum Gasteiger partial charge on any atom is -1.00 e. The van der Waals surface area contributed by atoms with Crippen molar-refractivity contribution in [2.75, 3.05) is 0 Å². The van der Waals surface area contributed by atoms with Gasteiger partial charge in [0.1, 0.15) is 0 Å². The first kappa shape index (κ1) is 36.9. The molecule has 2 aliphatic carbocycles. The van der Waals surface area contributed by atoms with Crippen molar-refractivity contribution >= 4 is 3.21 Å². The summed E-state index contributed by atoms with van der Waals surface area (Å²) in [7, 11) is 0. The quantitative estimate of drug-likeness (QED) is 0.329. The zero-order chi connectivity index (χ0) is 30.6. The van der Waals surface area contributed by atoms with Gasteiger partial charge in [0, 0.05) is 0 Å². The molecule has 0 aromatic heterocycles. The second-order valence-corrected chi connectivity index (χ2v) is 22.5. The molecule has 3 aromatic carbocycles. The summed E-state index contributed by atoms with van der Waals surface area (Å²) in [4.78, 5) is 0. The third kappa shape index (κ3) is 7.22. The predicted molar refractivity (Wildman–Crippen MR) is 181 cm³/mol. The predicted octanol–water partition coefficient (Wildman–Crippen LogP) is 5.50. The third-order valence-electron chi connectivity index (χ3n) is 9.52. The molecule has 0 bridgehead atoms. The van der Waals surface area contributed by atoms with E-state index in [2.05, 4.69) is 155 Å². The van der Waals surface area contributed by atoms with Gasteiger partial charge in [-0.1, -0.05) is 0 Å². The van der Waals surface area contributed by atoms with Gasteiger partial charge in [-0.15, -0.1) is 0 Å². The largest absolute Gasteiger partial charge is 1.00 e. The molecule has 3 heteroatoms. The van der Waals surface area contributed by atoms with Crippen LogP contribution < -0.4 is 24.8 Å². The second kappa shape index (κ2) is 13.7. The minimum atomic E-state index is -2.56. The van der Waals surface area contributed by atoms with Gasteiger partial charge in [-0.3, -0.25) is 0 Å². The number of benzene rings is 3. The Hall–Kier alpha value is -1.53. The van der Waals surface area contributed by atoms with Crippen LogP contribution in [0.5, 0.6) is 0 Å². The Labute approximate surface area is 288 Å². The maximum absolute atomic E-state index is 2.69. The minimum Gasteiger partial charge on any atom is -1.00 e. The Morgan fingerprint density at radius 3 is 1.61 bits per heavy atom. The van der Waals surface area contributed by atoms with Gasteiger partial charge in [0.25, 0.3) is 0 Å². The normalized spacial score (nSPS) is 16.7. The van der Waals surface area contributed by atoms with Crippen LogP contribution in [0.2, 0.25) is 0 Å². The van der Waals surface area contributed by atoms with E-state index in [1.165, 1.54) is 40.7 Å². The molecule has 0 spiro atoms. The summed E-state index contributed by atoms with van der Waals surface area (Å²) < 4.78 is 3.96. The minimum absolute atomic E-state index is 0. The van der Waals surface area contributed by atoms with E-state index in [-0.39, 0.29) is 41.1 Å². The molecule has 0 radical (unpaired) electrons. The van der Waals surface area contributed by atoms with Crippen molar-refractivity contribution in [3.8, 4) is 11.1 Å². The molecule has 0 N–H and O–H groups in total. The molecule has 0 fully saturated rings. The van der Waals surface area contributed by atoms with Gasteiger partial charge >= 0.3 is 266 Å². The smallest absolute Gasteiger partial charge is 1.00 e. The van der Waals surface area contributed by atoms with Gasteiger partial charge in [0.15, 0.2) is 0 Å². The van der Waals surface area contributed by atoms with Crippen molar-refractivity contribution in [1.29, 1.82) is 0 Å². The van der Waals surface area contributed by atoms with Gasteiger partial charge < -0.3 is 24.8 Å². The van der Waals surface area contributed by atoms with Crippen LogP contribution in [0.4, 0.5) is 0 Å². The molecule has 0 saturated carbocycles. The summed E-state index contributed by atoms with van der Waals surface area (Å²) in [6.07, 6.45) is 7.81. The van der Waals surface area contributed by atoms with Crippen LogP contribution in [0.25, 0.3) is 11.1 Å². The van der Waals surface area contributed by atoms with E-state index in [4.69, 9.17) is 0 Å². The molecule has 2 aliphatic rings. The van der Waals surface area contributed by atoms with Gasteiger partial charge in [-0.25, -0.2) is 0 Å². The Bertz CT molecular complexity index is 1520. The van der Waals surface area contributed by atoms with E-state index >= 15 is 0 Å². The van der Waals surface area contributed by atoms with Crippen molar-refractivity contribution in [1.82, 2.24) is 0 Å². The third-order valence-corrected chi connectivity index (χ3v) is 18.0. The van der Waals surface area contributed by atoms with Gasteiger partial charge in [0.05, 0.1) is 0 Å². The first-order valence-corrected chi connectivity index (χ1v) is 20.0. The maximum atomic E-state index is 2.69. The molecule has 0 saturated heterocycles. The summed E-state index contributed by atoms with van der Waals surface area (Å²) >= 11 is -2.56. The van der Waals surface area contributed by atoms with E-state index in [0.29, 0.717) is 9.54 Å². The van der Waals surface area contributed by atoms with Gasteiger partial charge in [0.2, 0.25) is 0 Å². The van der Waals surface area contributed by atoms with Crippen molar-refractivity contribution in [2.24, 2.45) is 11.3 Å². The number of allylic oxidation sites excluding steroid dienone is 4. The van der Waals surface area contributed by atoms with Gasteiger partial charge in [-0.2, -0.15) is 0 Å². The molecule has 0 heterocycles. The standard InChI is InChI=1S/C21H25.C12H19.C8H8.2ClH.Zr/c1-20(2,3)16-9-7-14-11-15-8-10-17(21(4,5)6)13-19(15)18(14)12-16;1-5-6-10-7-8-11(9-10)12(2,3)4;1-2-8-6-4-3-5-7-8;;;/h7-13H,1-6H3;8-10H,5-6H2,1-4H3;3-7H,1H3;2*1H;/q;;;;;+2/p-2.